The van der Waals surface area contributed by atoms with E-state index in [1.165, 1.54) is 97.4 Å². The Labute approximate surface area is 389 Å². The first-order valence-electron chi connectivity index (χ1n) is 22.6. The van der Waals surface area contributed by atoms with Gasteiger partial charge in [0, 0.05) is 37.2 Å². The molecule has 1 nitrogen and oxygen atoms in total. The molecule has 0 saturated heterocycles. The Morgan fingerprint density at radius 3 is 1.59 bits per heavy atom. The summed E-state index contributed by atoms with van der Waals surface area (Å²) in [7, 11) is 0. The molecule has 0 radical (unpaired) electrons. The van der Waals surface area contributed by atoms with Gasteiger partial charge >= 0.3 is 0 Å². The maximum atomic E-state index is 2.40. The molecule has 0 aliphatic heterocycles. The van der Waals surface area contributed by atoms with Gasteiger partial charge in [0.2, 0.25) is 0 Å². The second-order valence-electron chi connectivity index (χ2n) is 16.9. The zero-order chi connectivity index (χ0) is 43.8. The highest BCUT2D eigenvalue weighted by molar-refractivity contribution is 7.25. The number of rotatable bonds is 9. The van der Waals surface area contributed by atoms with Crippen molar-refractivity contribution in [1.29, 1.82) is 0 Å². The maximum Gasteiger partial charge on any atom is 0.0473 e. The van der Waals surface area contributed by atoms with E-state index in [0.717, 1.165) is 17.1 Å². The molecule has 12 aromatic rings. The lowest BCUT2D eigenvalue weighted by Gasteiger charge is -2.27. The largest absolute Gasteiger partial charge is 0.310 e. The smallest absolute Gasteiger partial charge is 0.0473 e. The zero-order valence-corrected chi connectivity index (χ0v) is 37.0. The molecule has 1 aromatic heterocycles. The van der Waals surface area contributed by atoms with Crippen LogP contribution < -0.4 is 4.90 Å². The van der Waals surface area contributed by atoms with Crippen molar-refractivity contribution in [1.82, 2.24) is 0 Å². The predicted octanol–water partition coefficient (Wildman–Crippen LogP) is 18.4. The van der Waals surface area contributed by atoms with Crippen molar-refractivity contribution in [2.24, 2.45) is 0 Å². The minimum Gasteiger partial charge on any atom is -0.310 e. The molecular formula is C64H43NS. The van der Waals surface area contributed by atoms with Gasteiger partial charge in [0.15, 0.2) is 0 Å². The van der Waals surface area contributed by atoms with Gasteiger partial charge in [-0.3, -0.25) is 0 Å². The fourth-order valence-electron chi connectivity index (χ4n) is 9.61. The predicted molar refractivity (Wildman–Crippen MR) is 285 cm³/mol. The third-order valence-corrected chi connectivity index (χ3v) is 14.0. The highest BCUT2D eigenvalue weighted by Crippen LogP contribution is 2.43. The minimum absolute atomic E-state index is 1.10. The van der Waals surface area contributed by atoms with Gasteiger partial charge in [-0.25, -0.2) is 0 Å². The topological polar surface area (TPSA) is 3.24 Å². The Hall–Kier alpha value is -8.30. The highest BCUT2D eigenvalue weighted by Gasteiger charge is 2.18. The summed E-state index contributed by atoms with van der Waals surface area (Å²) in [5.74, 6) is 0. The van der Waals surface area contributed by atoms with Crippen LogP contribution in [0, 0.1) is 0 Å². The molecule has 0 amide bonds. The summed E-state index contributed by atoms with van der Waals surface area (Å²) in [5.41, 5.74) is 15.2. The normalized spacial score (nSPS) is 11.7. The van der Waals surface area contributed by atoms with E-state index in [9.17, 15) is 0 Å². The van der Waals surface area contributed by atoms with Crippen LogP contribution in [-0.2, 0) is 0 Å². The number of fused-ring (bicyclic) bond motifs is 6. The summed E-state index contributed by atoms with van der Waals surface area (Å²) in [6.45, 7) is 0. The van der Waals surface area contributed by atoms with Crippen LogP contribution in [0.25, 0.3) is 86.7 Å². The molecular weight excluding hydrogens is 815 g/mol. The molecule has 0 atom stereocenters. The molecule has 0 bridgehead atoms. The van der Waals surface area contributed by atoms with Gasteiger partial charge in [-0.05, 0) is 150 Å². The molecule has 12 rings (SSSR count). The third-order valence-electron chi connectivity index (χ3n) is 12.8. The molecule has 0 unspecified atom stereocenters. The molecule has 0 fully saturated rings. The van der Waals surface area contributed by atoms with Gasteiger partial charge in [0.1, 0.15) is 0 Å². The first-order chi connectivity index (χ1) is 32.7. The average molecular weight is 858 g/mol. The Morgan fingerprint density at radius 2 is 0.894 bits per heavy atom. The van der Waals surface area contributed by atoms with Crippen LogP contribution >= 0.6 is 11.3 Å². The van der Waals surface area contributed by atoms with Crippen molar-refractivity contribution < 1.29 is 0 Å². The lowest BCUT2D eigenvalue weighted by molar-refractivity contribution is 1.29. The summed E-state index contributed by atoms with van der Waals surface area (Å²) in [4.78, 5) is 2.40. The minimum atomic E-state index is 1.10. The second-order valence-corrected chi connectivity index (χ2v) is 18.0. The molecule has 0 saturated carbocycles. The number of para-hydroxylation sites is 1. The lowest BCUT2D eigenvalue weighted by atomic mass is 9.90. The van der Waals surface area contributed by atoms with E-state index < -0.39 is 0 Å². The quantitative estimate of drug-likeness (QED) is 0.103. The van der Waals surface area contributed by atoms with Crippen LogP contribution in [0.15, 0.2) is 255 Å². The van der Waals surface area contributed by atoms with Crippen LogP contribution in [0.3, 0.4) is 0 Å². The van der Waals surface area contributed by atoms with E-state index >= 15 is 0 Å². The van der Waals surface area contributed by atoms with Crippen molar-refractivity contribution in [3.63, 3.8) is 0 Å². The molecule has 310 valence electrons. The van der Waals surface area contributed by atoms with Gasteiger partial charge in [-0.1, -0.05) is 188 Å². The highest BCUT2D eigenvalue weighted by atomic mass is 32.1. The monoisotopic (exact) mass is 857 g/mol. The van der Waals surface area contributed by atoms with Crippen molar-refractivity contribution in [2.45, 2.75) is 0 Å². The van der Waals surface area contributed by atoms with E-state index in [1.807, 2.05) is 11.3 Å². The van der Waals surface area contributed by atoms with E-state index in [2.05, 4.69) is 266 Å². The third kappa shape index (κ3) is 7.44. The summed E-state index contributed by atoms with van der Waals surface area (Å²) < 4.78 is 2.64. The molecule has 11 aromatic carbocycles. The van der Waals surface area contributed by atoms with Crippen LogP contribution in [0.2, 0.25) is 0 Å². The molecule has 0 aliphatic rings. The van der Waals surface area contributed by atoms with Crippen molar-refractivity contribution in [3.8, 4) is 33.4 Å². The van der Waals surface area contributed by atoms with Gasteiger partial charge in [-0.2, -0.15) is 0 Å². The summed E-state index contributed by atoms with van der Waals surface area (Å²) >= 11 is 1.86. The number of anilines is 3. The Bertz CT molecular complexity index is 3660. The number of hydrogen-bond acceptors (Lipinski definition) is 2. The van der Waals surface area contributed by atoms with E-state index in [1.54, 1.807) is 0 Å². The first-order valence-corrected chi connectivity index (χ1v) is 23.4. The molecule has 0 spiro atoms. The molecule has 2 heteroatoms. The molecule has 1 heterocycles. The average Bonchev–Trinajstić information content (AvgIpc) is 3.77. The fourth-order valence-corrected chi connectivity index (χ4v) is 10.7. The molecule has 0 N–H and O–H groups in total. The number of nitrogens with zero attached hydrogens (tertiary/aromatic N) is 1. The Morgan fingerprint density at radius 1 is 0.318 bits per heavy atom. The fraction of sp³-hybridized carbons (Fsp3) is 0. The number of benzene rings is 11. The standard InChI is InChI=1S/C64H43NS/c1-5-17-45(18-6-1)51-39-52(46-19-7-2-8-20-46)41-55(40-51)65(53-23-11-4-12-24-53)54-35-34-50-42-60(56-25-13-14-26-57(56)61(50)43-54)49-32-30-48(31-33-49)59(47-21-9-3-10-22-47)37-44-29-36-64-62(38-44)58-27-15-16-28-63(58)66-64/h1-43H/b59-37+. The van der Waals surface area contributed by atoms with E-state index in [0.29, 0.717) is 0 Å². The van der Waals surface area contributed by atoms with Crippen LogP contribution in [-0.4, -0.2) is 0 Å². The van der Waals surface area contributed by atoms with Gasteiger partial charge in [-0.15, -0.1) is 11.3 Å². The van der Waals surface area contributed by atoms with Gasteiger partial charge in [0.25, 0.3) is 0 Å². The second kappa shape index (κ2) is 17.0. The van der Waals surface area contributed by atoms with Crippen LogP contribution in [0.4, 0.5) is 17.1 Å². The van der Waals surface area contributed by atoms with Crippen LogP contribution in [0.1, 0.15) is 16.7 Å². The Kier molecular flexibility index (Phi) is 10.1. The van der Waals surface area contributed by atoms with Gasteiger partial charge < -0.3 is 4.90 Å². The number of thiophene rings is 1. The maximum absolute atomic E-state index is 2.40. The van der Waals surface area contributed by atoms with Crippen molar-refractivity contribution in [2.75, 3.05) is 4.90 Å². The lowest BCUT2D eigenvalue weighted by Crippen LogP contribution is -2.10. The summed E-state index contributed by atoms with van der Waals surface area (Å²) in [5, 5.41) is 7.51. The van der Waals surface area contributed by atoms with Crippen molar-refractivity contribution >= 4 is 81.8 Å². The van der Waals surface area contributed by atoms with Crippen LogP contribution in [0.5, 0.6) is 0 Å². The van der Waals surface area contributed by atoms with Crippen molar-refractivity contribution in [3.05, 3.63) is 271 Å². The first kappa shape index (κ1) is 39.3. The van der Waals surface area contributed by atoms with E-state index in [-0.39, 0.29) is 0 Å². The molecule has 66 heavy (non-hydrogen) atoms. The number of hydrogen-bond donors (Lipinski definition) is 0. The van der Waals surface area contributed by atoms with Gasteiger partial charge in [0.05, 0.1) is 0 Å². The summed E-state index contributed by atoms with van der Waals surface area (Å²) in [6, 6.07) is 92.9. The summed E-state index contributed by atoms with van der Waals surface area (Å²) in [6.07, 6.45) is 2.35. The van der Waals surface area contributed by atoms with E-state index in [4.69, 9.17) is 0 Å². The Balaban J connectivity index is 0.960. The molecule has 0 aliphatic carbocycles. The zero-order valence-electron chi connectivity index (χ0n) is 36.2. The SMILES string of the molecule is C(=C(/c1ccccc1)c1ccc(-c2cc3ccc(N(c4ccccc4)c4cc(-c5ccccc5)cc(-c5ccccc5)c4)cc3c3ccccc23)cc1)/c1ccc2sc3ccccc3c2c1.